The van der Waals surface area contributed by atoms with Gasteiger partial charge in [-0.25, -0.2) is 0 Å². The maximum atomic E-state index is 5.66. The van der Waals surface area contributed by atoms with Crippen LogP contribution >= 0.6 is 0 Å². The van der Waals surface area contributed by atoms with E-state index in [0.29, 0.717) is 0 Å². The predicted molar refractivity (Wildman–Crippen MR) is 76.1 cm³/mol. The van der Waals surface area contributed by atoms with Crippen LogP contribution in [-0.2, 0) is 6.42 Å². The Hall–Kier alpha value is -1.02. The quantitative estimate of drug-likeness (QED) is 0.861. The number of hydrogen-bond donors (Lipinski definition) is 1. The van der Waals surface area contributed by atoms with Crippen molar-refractivity contribution in [1.29, 1.82) is 0 Å². The molecule has 2 rings (SSSR count). The molecule has 100 valence electrons. The minimum absolute atomic E-state index is 0.255. The van der Waals surface area contributed by atoms with Crippen molar-refractivity contribution in [2.45, 2.75) is 45.6 Å². The smallest absolute Gasteiger partial charge is 0.119 e. The Morgan fingerprint density at radius 1 is 1.17 bits per heavy atom. The lowest BCUT2D eigenvalue weighted by atomic mass is 9.91. The second-order valence-corrected chi connectivity index (χ2v) is 5.54. The van der Waals surface area contributed by atoms with Crippen LogP contribution in [-0.4, -0.2) is 19.2 Å². The van der Waals surface area contributed by atoms with Gasteiger partial charge in [-0.2, -0.15) is 0 Å². The zero-order valence-corrected chi connectivity index (χ0v) is 11.6. The molecule has 0 amide bonds. The Morgan fingerprint density at radius 2 is 1.83 bits per heavy atom. The molecule has 1 heterocycles. The Morgan fingerprint density at radius 3 is 2.44 bits per heavy atom. The third-order valence-electron chi connectivity index (χ3n) is 3.60. The van der Waals surface area contributed by atoms with Crippen molar-refractivity contribution in [2.24, 2.45) is 5.92 Å². The lowest BCUT2D eigenvalue weighted by Gasteiger charge is -2.22. The summed E-state index contributed by atoms with van der Waals surface area (Å²) in [5.74, 6) is 1.90. The molecule has 0 bridgehead atoms. The van der Waals surface area contributed by atoms with Crippen LogP contribution in [0.4, 0.5) is 0 Å². The van der Waals surface area contributed by atoms with Gasteiger partial charge in [0.15, 0.2) is 0 Å². The van der Waals surface area contributed by atoms with Crippen LogP contribution in [0, 0.1) is 5.92 Å². The van der Waals surface area contributed by atoms with Gasteiger partial charge in [0, 0.05) is 0 Å². The molecule has 1 saturated heterocycles. The lowest BCUT2D eigenvalue weighted by molar-refractivity contribution is 0.242. The molecule has 2 nitrogen and oxygen atoms in total. The van der Waals surface area contributed by atoms with Crippen LogP contribution in [0.2, 0.25) is 0 Å². The fourth-order valence-electron chi connectivity index (χ4n) is 2.55. The molecule has 0 saturated carbocycles. The van der Waals surface area contributed by atoms with E-state index in [9.17, 15) is 0 Å². The summed E-state index contributed by atoms with van der Waals surface area (Å²) in [5, 5.41) is 3.42. The highest BCUT2D eigenvalue weighted by atomic mass is 16.5. The largest absolute Gasteiger partial charge is 0.491 e. The lowest BCUT2D eigenvalue weighted by Crippen LogP contribution is -2.27. The highest BCUT2D eigenvalue weighted by Gasteiger charge is 2.12. The van der Waals surface area contributed by atoms with Gasteiger partial charge in [0.1, 0.15) is 5.75 Å². The van der Waals surface area contributed by atoms with E-state index < -0.39 is 0 Å². The number of hydrogen-bond acceptors (Lipinski definition) is 2. The van der Waals surface area contributed by atoms with Crippen molar-refractivity contribution >= 4 is 0 Å². The molecule has 1 aliphatic heterocycles. The fourth-order valence-corrected chi connectivity index (χ4v) is 2.55. The van der Waals surface area contributed by atoms with Gasteiger partial charge < -0.3 is 10.1 Å². The fraction of sp³-hybridized carbons (Fsp3) is 0.625. The maximum absolute atomic E-state index is 5.66. The van der Waals surface area contributed by atoms with Gasteiger partial charge in [0.25, 0.3) is 0 Å². The Kier molecular flexibility index (Phi) is 5.06. The summed E-state index contributed by atoms with van der Waals surface area (Å²) in [4.78, 5) is 0. The Balaban J connectivity index is 1.78. The predicted octanol–water partition coefficient (Wildman–Crippen LogP) is 3.41. The molecular weight excluding hydrogens is 222 g/mol. The van der Waals surface area contributed by atoms with Crippen LogP contribution in [0.15, 0.2) is 24.3 Å². The second-order valence-electron chi connectivity index (χ2n) is 5.54. The van der Waals surface area contributed by atoms with Crippen molar-refractivity contribution in [3.8, 4) is 5.75 Å². The molecule has 0 radical (unpaired) electrons. The number of piperidine rings is 1. The molecule has 1 aromatic carbocycles. The molecule has 1 fully saturated rings. The molecule has 0 atom stereocenters. The van der Waals surface area contributed by atoms with Gasteiger partial charge >= 0.3 is 0 Å². The first-order chi connectivity index (χ1) is 8.74. The van der Waals surface area contributed by atoms with E-state index in [0.717, 1.165) is 11.7 Å². The SMILES string of the molecule is CC(C)Oc1ccc(CCC2CCNCC2)cc1. The van der Waals surface area contributed by atoms with Crippen LogP contribution in [0.1, 0.15) is 38.7 Å². The summed E-state index contributed by atoms with van der Waals surface area (Å²) in [6.07, 6.45) is 5.47. The summed E-state index contributed by atoms with van der Waals surface area (Å²) in [6, 6.07) is 8.60. The molecule has 1 N–H and O–H groups in total. The highest BCUT2D eigenvalue weighted by Crippen LogP contribution is 2.20. The van der Waals surface area contributed by atoms with Gasteiger partial charge in [0.05, 0.1) is 6.10 Å². The highest BCUT2D eigenvalue weighted by molar-refractivity contribution is 5.27. The normalized spacial score (nSPS) is 17.1. The summed E-state index contributed by atoms with van der Waals surface area (Å²) in [6.45, 7) is 6.52. The van der Waals surface area contributed by atoms with Crippen molar-refractivity contribution in [3.63, 3.8) is 0 Å². The van der Waals surface area contributed by atoms with Crippen molar-refractivity contribution in [3.05, 3.63) is 29.8 Å². The van der Waals surface area contributed by atoms with Crippen molar-refractivity contribution in [1.82, 2.24) is 5.32 Å². The summed E-state index contributed by atoms with van der Waals surface area (Å²) < 4.78 is 5.66. The molecular formula is C16H25NO. The van der Waals surface area contributed by atoms with E-state index in [-0.39, 0.29) is 6.10 Å². The summed E-state index contributed by atoms with van der Waals surface area (Å²) in [5.41, 5.74) is 1.43. The van der Waals surface area contributed by atoms with Crippen LogP contribution in [0.5, 0.6) is 5.75 Å². The minimum atomic E-state index is 0.255. The zero-order valence-electron chi connectivity index (χ0n) is 11.6. The molecule has 0 spiro atoms. The Labute approximate surface area is 111 Å². The molecule has 0 aliphatic carbocycles. The van der Waals surface area contributed by atoms with Gasteiger partial charge in [0.2, 0.25) is 0 Å². The molecule has 2 heteroatoms. The molecule has 1 aliphatic rings. The average Bonchev–Trinajstić information content (AvgIpc) is 2.38. The van der Waals surface area contributed by atoms with Crippen molar-refractivity contribution in [2.75, 3.05) is 13.1 Å². The first kappa shape index (κ1) is 13.4. The molecule has 0 aromatic heterocycles. The minimum Gasteiger partial charge on any atom is -0.491 e. The number of rotatable bonds is 5. The standard InChI is InChI=1S/C16H25NO/c1-13(2)18-16-7-5-14(6-8-16)3-4-15-9-11-17-12-10-15/h5-8,13,15,17H,3-4,9-12H2,1-2H3. The van der Waals surface area contributed by atoms with Crippen LogP contribution in [0.3, 0.4) is 0 Å². The zero-order chi connectivity index (χ0) is 12.8. The topological polar surface area (TPSA) is 21.3 Å². The first-order valence-corrected chi connectivity index (χ1v) is 7.20. The third-order valence-corrected chi connectivity index (χ3v) is 3.60. The number of benzene rings is 1. The maximum Gasteiger partial charge on any atom is 0.119 e. The number of nitrogens with one attached hydrogen (secondary N) is 1. The van der Waals surface area contributed by atoms with Gasteiger partial charge in [-0.3, -0.25) is 0 Å². The third kappa shape index (κ3) is 4.34. The monoisotopic (exact) mass is 247 g/mol. The molecule has 1 aromatic rings. The summed E-state index contributed by atoms with van der Waals surface area (Å²) in [7, 11) is 0. The van der Waals surface area contributed by atoms with Gasteiger partial charge in [-0.15, -0.1) is 0 Å². The van der Waals surface area contributed by atoms with Crippen LogP contribution in [0.25, 0.3) is 0 Å². The van der Waals surface area contributed by atoms with Crippen LogP contribution < -0.4 is 10.1 Å². The van der Waals surface area contributed by atoms with E-state index >= 15 is 0 Å². The van der Waals surface area contributed by atoms with E-state index in [2.05, 4.69) is 43.4 Å². The van der Waals surface area contributed by atoms with E-state index in [4.69, 9.17) is 4.74 Å². The van der Waals surface area contributed by atoms with Crippen molar-refractivity contribution < 1.29 is 4.74 Å². The van der Waals surface area contributed by atoms with Gasteiger partial charge in [-0.05, 0) is 76.2 Å². The van der Waals surface area contributed by atoms with E-state index in [1.165, 1.54) is 44.3 Å². The summed E-state index contributed by atoms with van der Waals surface area (Å²) >= 11 is 0. The molecule has 18 heavy (non-hydrogen) atoms. The van der Waals surface area contributed by atoms with E-state index in [1.807, 2.05) is 0 Å². The number of ether oxygens (including phenoxy) is 1. The number of aryl methyl sites for hydroxylation is 1. The average molecular weight is 247 g/mol. The van der Waals surface area contributed by atoms with Gasteiger partial charge in [-0.1, -0.05) is 12.1 Å². The molecule has 0 unspecified atom stereocenters. The Bertz CT molecular complexity index is 339. The van der Waals surface area contributed by atoms with E-state index in [1.54, 1.807) is 0 Å². The second kappa shape index (κ2) is 6.79. The first-order valence-electron chi connectivity index (χ1n) is 7.20.